The van der Waals surface area contributed by atoms with Gasteiger partial charge in [0.25, 0.3) is 0 Å². The van der Waals surface area contributed by atoms with Gasteiger partial charge in [0.1, 0.15) is 5.82 Å². The van der Waals surface area contributed by atoms with Crippen LogP contribution in [0, 0.1) is 5.92 Å². The summed E-state index contributed by atoms with van der Waals surface area (Å²) in [6, 6.07) is 4.64. The maximum atomic E-state index is 5.70. The Bertz CT molecular complexity index is 802. The molecule has 6 heteroatoms. The highest BCUT2D eigenvalue weighted by Gasteiger charge is 2.33. The summed E-state index contributed by atoms with van der Waals surface area (Å²) in [5.41, 5.74) is 0.932. The van der Waals surface area contributed by atoms with Gasteiger partial charge in [-0.15, -0.1) is 0 Å². The number of hydrogen-bond acceptors (Lipinski definition) is 5. The molecule has 1 aromatic heterocycles. The highest BCUT2D eigenvalue weighted by Crippen LogP contribution is 2.44. The molecule has 2 aliphatic heterocycles. The minimum absolute atomic E-state index is 0.605. The van der Waals surface area contributed by atoms with Crippen molar-refractivity contribution in [1.82, 2.24) is 14.5 Å². The minimum Gasteiger partial charge on any atom is -0.493 e. The number of methoxy groups -OCH3 is 3. The summed E-state index contributed by atoms with van der Waals surface area (Å²) in [5, 5.41) is 0. The quantitative estimate of drug-likeness (QED) is 0.756. The van der Waals surface area contributed by atoms with Crippen LogP contribution in [0.4, 0.5) is 0 Å². The van der Waals surface area contributed by atoms with Crippen LogP contribution < -0.4 is 14.2 Å². The van der Waals surface area contributed by atoms with Crippen LogP contribution in [0.5, 0.6) is 17.2 Å². The first-order valence-corrected chi connectivity index (χ1v) is 10.3. The lowest BCUT2D eigenvalue weighted by atomic mass is 9.83. The van der Waals surface area contributed by atoms with Crippen molar-refractivity contribution in [2.45, 2.75) is 44.7 Å². The Labute approximate surface area is 167 Å². The molecule has 3 heterocycles. The Morgan fingerprint density at radius 3 is 2.57 bits per heavy atom. The Hall–Kier alpha value is -2.21. The molecule has 1 aromatic carbocycles. The Morgan fingerprint density at radius 1 is 0.964 bits per heavy atom. The highest BCUT2D eigenvalue weighted by atomic mass is 16.5. The van der Waals surface area contributed by atoms with Crippen molar-refractivity contribution in [3.05, 3.63) is 24.5 Å². The number of rotatable bonds is 6. The Morgan fingerprint density at radius 2 is 1.79 bits per heavy atom. The zero-order chi connectivity index (χ0) is 19.5. The molecule has 2 atom stereocenters. The summed E-state index contributed by atoms with van der Waals surface area (Å²) in [6.45, 7) is 3.52. The van der Waals surface area contributed by atoms with Gasteiger partial charge in [-0.3, -0.25) is 0 Å². The van der Waals surface area contributed by atoms with Gasteiger partial charge in [-0.2, -0.15) is 0 Å². The van der Waals surface area contributed by atoms with Crippen molar-refractivity contribution in [3.8, 4) is 28.6 Å². The number of piperidine rings is 2. The standard InChI is InChI=1S/C22H31N3O3/c1-26-19-10-9-17(20(27-2)21(19)28-3)22-23-11-14-25(22)15-16-7-6-13-24-12-5-4-8-18(16)24/h9-11,14,16,18H,4-8,12-13,15H2,1-3H3/t16-,18+/m0/s1. The first-order chi connectivity index (χ1) is 13.8. The van der Waals surface area contributed by atoms with Crippen LogP contribution in [0.1, 0.15) is 32.1 Å². The molecule has 0 aliphatic carbocycles. The SMILES string of the molecule is COc1ccc(-c2nccn2C[C@@H]2CCCN3CCCC[C@H]23)c(OC)c1OC. The molecule has 0 unspecified atom stereocenters. The lowest BCUT2D eigenvalue weighted by Gasteiger charge is -2.44. The first kappa shape index (κ1) is 19.1. The van der Waals surface area contributed by atoms with E-state index in [2.05, 4.69) is 20.6 Å². The normalized spacial score (nSPS) is 22.5. The summed E-state index contributed by atoms with van der Waals surface area (Å²) >= 11 is 0. The molecule has 2 saturated heterocycles. The van der Waals surface area contributed by atoms with E-state index < -0.39 is 0 Å². The van der Waals surface area contributed by atoms with Gasteiger partial charge in [-0.1, -0.05) is 6.42 Å². The van der Waals surface area contributed by atoms with E-state index in [1.54, 1.807) is 21.3 Å². The van der Waals surface area contributed by atoms with Crippen LogP contribution in [0.15, 0.2) is 24.5 Å². The van der Waals surface area contributed by atoms with Crippen LogP contribution in [-0.4, -0.2) is 54.9 Å². The van der Waals surface area contributed by atoms with Gasteiger partial charge in [0.2, 0.25) is 5.75 Å². The van der Waals surface area contributed by atoms with E-state index in [-0.39, 0.29) is 0 Å². The van der Waals surface area contributed by atoms with E-state index >= 15 is 0 Å². The third-order valence-corrected chi connectivity index (χ3v) is 6.32. The number of aromatic nitrogens is 2. The molecule has 0 amide bonds. The molecule has 4 rings (SSSR count). The van der Waals surface area contributed by atoms with E-state index in [1.165, 1.54) is 45.2 Å². The molecular formula is C22H31N3O3. The molecule has 0 saturated carbocycles. The molecule has 0 radical (unpaired) electrons. The zero-order valence-electron chi connectivity index (χ0n) is 17.2. The van der Waals surface area contributed by atoms with E-state index in [0.717, 1.165) is 17.9 Å². The molecule has 0 spiro atoms. The molecule has 2 aromatic rings. The van der Waals surface area contributed by atoms with Crippen molar-refractivity contribution in [2.24, 2.45) is 5.92 Å². The fraction of sp³-hybridized carbons (Fsp3) is 0.591. The van der Waals surface area contributed by atoms with Gasteiger partial charge >= 0.3 is 0 Å². The van der Waals surface area contributed by atoms with Crippen LogP contribution in [0.2, 0.25) is 0 Å². The topological polar surface area (TPSA) is 48.8 Å². The number of fused-ring (bicyclic) bond motifs is 1. The van der Waals surface area contributed by atoms with Gasteiger partial charge in [0.05, 0.1) is 26.9 Å². The summed E-state index contributed by atoms with van der Waals surface area (Å²) in [7, 11) is 4.93. The van der Waals surface area contributed by atoms with Gasteiger partial charge in [-0.05, 0) is 56.8 Å². The molecule has 152 valence electrons. The van der Waals surface area contributed by atoms with Gasteiger partial charge < -0.3 is 23.7 Å². The lowest BCUT2D eigenvalue weighted by Crippen LogP contribution is -2.49. The molecule has 28 heavy (non-hydrogen) atoms. The molecule has 0 N–H and O–H groups in total. The fourth-order valence-corrected chi connectivity index (χ4v) is 5.02. The number of hydrogen-bond donors (Lipinski definition) is 0. The van der Waals surface area contributed by atoms with Crippen LogP contribution in [-0.2, 0) is 6.54 Å². The molecule has 2 aliphatic rings. The summed E-state index contributed by atoms with van der Waals surface area (Å²) in [6.07, 6.45) is 10.6. The van der Waals surface area contributed by atoms with Gasteiger partial charge in [0.15, 0.2) is 11.5 Å². The van der Waals surface area contributed by atoms with Gasteiger partial charge in [0, 0.05) is 25.0 Å². The molecule has 2 fully saturated rings. The van der Waals surface area contributed by atoms with Crippen LogP contribution in [0.3, 0.4) is 0 Å². The number of nitrogens with zero attached hydrogens (tertiary/aromatic N) is 3. The largest absolute Gasteiger partial charge is 0.493 e. The summed E-state index contributed by atoms with van der Waals surface area (Å²) < 4.78 is 19.0. The van der Waals surface area contributed by atoms with Crippen molar-refractivity contribution in [2.75, 3.05) is 34.4 Å². The Balaban J connectivity index is 1.65. The average molecular weight is 386 g/mol. The number of imidazole rings is 1. The van der Waals surface area contributed by atoms with Crippen LogP contribution in [0.25, 0.3) is 11.4 Å². The predicted molar refractivity (Wildman–Crippen MR) is 109 cm³/mol. The molecular weight excluding hydrogens is 354 g/mol. The second-order valence-electron chi connectivity index (χ2n) is 7.79. The average Bonchev–Trinajstić information content (AvgIpc) is 3.20. The number of benzene rings is 1. The maximum absolute atomic E-state index is 5.70. The highest BCUT2D eigenvalue weighted by molar-refractivity contribution is 5.72. The van der Waals surface area contributed by atoms with Crippen LogP contribution >= 0.6 is 0 Å². The zero-order valence-corrected chi connectivity index (χ0v) is 17.2. The maximum Gasteiger partial charge on any atom is 0.204 e. The minimum atomic E-state index is 0.605. The third kappa shape index (κ3) is 3.46. The lowest BCUT2D eigenvalue weighted by molar-refractivity contribution is 0.0521. The van der Waals surface area contributed by atoms with Crippen molar-refractivity contribution >= 4 is 0 Å². The third-order valence-electron chi connectivity index (χ3n) is 6.32. The van der Waals surface area contributed by atoms with E-state index in [1.807, 2.05) is 18.3 Å². The van der Waals surface area contributed by atoms with Crippen molar-refractivity contribution in [1.29, 1.82) is 0 Å². The fourth-order valence-electron chi connectivity index (χ4n) is 5.02. The van der Waals surface area contributed by atoms with E-state index in [4.69, 9.17) is 14.2 Å². The van der Waals surface area contributed by atoms with E-state index in [0.29, 0.717) is 29.2 Å². The predicted octanol–water partition coefficient (Wildman–Crippen LogP) is 3.84. The van der Waals surface area contributed by atoms with Gasteiger partial charge in [-0.25, -0.2) is 4.98 Å². The van der Waals surface area contributed by atoms with Crippen molar-refractivity contribution < 1.29 is 14.2 Å². The second-order valence-corrected chi connectivity index (χ2v) is 7.79. The number of ether oxygens (including phenoxy) is 3. The first-order valence-electron chi connectivity index (χ1n) is 10.3. The van der Waals surface area contributed by atoms with E-state index in [9.17, 15) is 0 Å². The second kappa shape index (κ2) is 8.43. The molecule has 6 nitrogen and oxygen atoms in total. The van der Waals surface area contributed by atoms with Crippen molar-refractivity contribution in [3.63, 3.8) is 0 Å². The monoisotopic (exact) mass is 385 g/mol. The summed E-state index contributed by atoms with van der Waals surface area (Å²) in [5.74, 6) is 3.52. The molecule has 0 bridgehead atoms. The smallest absolute Gasteiger partial charge is 0.204 e. The summed E-state index contributed by atoms with van der Waals surface area (Å²) in [4.78, 5) is 7.38. The Kier molecular flexibility index (Phi) is 5.76.